The number of nitrogens with one attached hydrogen (secondary N) is 1. The molecule has 2 rings (SSSR count). The van der Waals surface area contributed by atoms with Gasteiger partial charge in [0.2, 0.25) is 0 Å². The highest BCUT2D eigenvalue weighted by molar-refractivity contribution is 5.74. The van der Waals surface area contributed by atoms with Crippen LogP contribution in [-0.4, -0.2) is 25.6 Å². The number of fused-ring (bicyclic) bond motifs is 1. The molecule has 0 amide bonds. The van der Waals surface area contributed by atoms with Crippen molar-refractivity contribution in [2.75, 3.05) is 0 Å². The summed E-state index contributed by atoms with van der Waals surface area (Å²) in [6, 6.07) is 1.68. The van der Waals surface area contributed by atoms with Crippen LogP contribution in [0.25, 0.3) is 11.0 Å². The molecule has 2 heterocycles. The number of pyridine rings is 1. The summed E-state index contributed by atoms with van der Waals surface area (Å²) < 4.78 is 1.39. The minimum Gasteiger partial charge on any atom is -0.481 e. The maximum atomic E-state index is 11.6. The van der Waals surface area contributed by atoms with Crippen molar-refractivity contribution in [2.24, 2.45) is 5.92 Å². The largest absolute Gasteiger partial charge is 0.481 e. The number of aromatic amines is 1. The first-order valence-corrected chi connectivity index (χ1v) is 4.85. The van der Waals surface area contributed by atoms with Crippen LogP contribution in [0.15, 0.2) is 23.3 Å². The van der Waals surface area contributed by atoms with Crippen LogP contribution in [0.4, 0.5) is 0 Å². The molecule has 16 heavy (non-hydrogen) atoms. The Morgan fingerprint density at radius 1 is 1.69 bits per heavy atom. The highest BCUT2D eigenvalue weighted by atomic mass is 16.4. The van der Waals surface area contributed by atoms with Gasteiger partial charge in [-0.2, -0.15) is 0 Å². The number of nitrogens with zero attached hydrogens (tertiary/aromatic N) is 2. The first-order valence-electron chi connectivity index (χ1n) is 4.85. The summed E-state index contributed by atoms with van der Waals surface area (Å²) in [7, 11) is 0. The first kappa shape index (κ1) is 10.4. The maximum Gasteiger partial charge on any atom is 0.326 e. The van der Waals surface area contributed by atoms with Crippen molar-refractivity contribution in [2.45, 2.75) is 13.5 Å². The van der Waals surface area contributed by atoms with Crippen LogP contribution in [0.2, 0.25) is 0 Å². The standard InChI is InChI=1S/C10H11N3O3/c1-6(9(14)15)5-13-8-4-11-3-2-7(8)12-10(13)16/h2-4,6H,5H2,1H3,(H,12,16)(H,14,15). The topological polar surface area (TPSA) is 88.0 Å². The number of carboxylic acid groups (broad SMARTS) is 1. The van der Waals surface area contributed by atoms with Crippen molar-refractivity contribution in [3.63, 3.8) is 0 Å². The van der Waals surface area contributed by atoms with Gasteiger partial charge in [0.05, 0.1) is 23.1 Å². The number of aliphatic carboxylic acids is 1. The molecule has 84 valence electrons. The summed E-state index contributed by atoms with van der Waals surface area (Å²) in [4.78, 5) is 28.9. The van der Waals surface area contributed by atoms with Gasteiger partial charge in [-0.05, 0) is 6.07 Å². The predicted molar refractivity (Wildman–Crippen MR) is 57.2 cm³/mol. The zero-order valence-corrected chi connectivity index (χ0v) is 8.67. The molecule has 0 aromatic carbocycles. The Bertz CT molecular complexity index is 584. The molecule has 0 saturated carbocycles. The number of H-pyrrole nitrogens is 1. The van der Waals surface area contributed by atoms with Gasteiger partial charge < -0.3 is 10.1 Å². The molecule has 0 aliphatic heterocycles. The van der Waals surface area contributed by atoms with Crippen molar-refractivity contribution in [3.8, 4) is 0 Å². The molecule has 6 nitrogen and oxygen atoms in total. The third-order valence-corrected chi connectivity index (χ3v) is 2.46. The minimum absolute atomic E-state index is 0.139. The van der Waals surface area contributed by atoms with Gasteiger partial charge in [0.25, 0.3) is 0 Å². The molecule has 0 fully saturated rings. The zero-order valence-electron chi connectivity index (χ0n) is 8.67. The second-order valence-corrected chi connectivity index (χ2v) is 3.67. The van der Waals surface area contributed by atoms with Gasteiger partial charge in [-0.25, -0.2) is 4.79 Å². The predicted octanol–water partition coefficient (Wildman–Crippen LogP) is 0.445. The summed E-state index contributed by atoms with van der Waals surface area (Å²) in [6.07, 6.45) is 3.12. The lowest BCUT2D eigenvalue weighted by Crippen LogP contribution is -2.24. The Kier molecular flexibility index (Phi) is 2.47. The van der Waals surface area contributed by atoms with E-state index in [0.717, 1.165) is 0 Å². The average Bonchev–Trinajstić information content (AvgIpc) is 2.55. The number of rotatable bonds is 3. The van der Waals surface area contributed by atoms with E-state index in [9.17, 15) is 9.59 Å². The number of aromatic nitrogens is 3. The van der Waals surface area contributed by atoms with Crippen LogP contribution in [0.1, 0.15) is 6.92 Å². The van der Waals surface area contributed by atoms with E-state index in [1.807, 2.05) is 0 Å². The van der Waals surface area contributed by atoms with Gasteiger partial charge >= 0.3 is 11.7 Å². The molecule has 0 saturated heterocycles. The van der Waals surface area contributed by atoms with Crippen molar-refractivity contribution in [1.82, 2.24) is 14.5 Å². The fourth-order valence-electron chi connectivity index (χ4n) is 1.53. The first-order chi connectivity index (χ1) is 7.59. The summed E-state index contributed by atoms with van der Waals surface area (Å²) in [6.45, 7) is 1.70. The number of hydrogen-bond acceptors (Lipinski definition) is 3. The van der Waals surface area contributed by atoms with E-state index in [4.69, 9.17) is 5.11 Å². The second-order valence-electron chi connectivity index (χ2n) is 3.67. The van der Waals surface area contributed by atoms with Crippen LogP contribution < -0.4 is 5.69 Å². The highest BCUT2D eigenvalue weighted by Crippen LogP contribution is 2.09. The molecular weight excluding hydrogens is 210 g/mol. The number of carboxylic acids is 1. The molecule has 6 heteroatoms. The van der Waals surface area contributed by atoms with Crippen LogP contribution in [0, 0.1) is 5.92 Å². The maximum absolute atomic E-state index is 11.6. The number of imidazole rings is 1. The van der Waals surface area contributed by atoms with E-state index in [1.165, 1.54) is 4.57 Å². The van der Waals surface area contributed by atoms with Crippen molar-refractivity contribution < 1.29 is 9.90 Å². The van der Waals surface area contributed by atoms with Crippen LogP contribution in [0.5, 0.6) is 0 Å². The van der Waals surface area contributed by atoms with Gasteiger partial charge in [0.15, 0.2) is 0 Å². The van der Waals surface area contributed by atoms with E-state index < -0.39 is 11.9 Å². The second kappa shape index (κ2) is 3.80. The fourth-order valence-corrected chi connectivity index (χ4v) is 1.53. The molecule has 0 bridgehead atoms. The van der Waals surface area contributed by atoms with Gasteiger partial charge in [-0.15, -0.1) is 0 Å². The SMILES string of the molecule is CC(Cn1c(=O)[nH]c2ccncc21)C(=O)O. The molecular formula is C10H11N3O3. The van der Waals surface area contributed by atoms with E-state index in [1.54, 1.807) is 25.4 Å². The zero-order chi connectivity index (χ0) is 11.7. The third-order valence-electron chi connectivity index (χ3n) is 2.46. The average molecular weight is 221 g/mol. The van der Waals surface area contributed by atoms with Crippen LogP contribution in [0.3, 0.4) is 0 Å². The molecule has 2 N–H and O–H groups in total. The molecule has 0 radical (unpaired) electrons. The molecule has 0 aliphatic rings. The van der Waals surface area contributed by atoms with Gasteiger partial charge in [0, 0.05) is 12.7 Å². The molecule has 1 atom stereocenters. The van der Waals surface area contributed by atoms with Gasteiger partial charge in [0.1, 0.15) is 0 Å². The molecule has 0 aliphatic carbocycles. The number of hydrogen-bond donors (Lipinski definition) is 2. The molecule has 0 spiro atoms. The third kappa shape index (κ3) is 1.69. The Morgan fingerprint density at radius 2 is 2.44 bits per heavy atom. The Balaban J connectivity index is 2.48. The summed E-state index contributed by atoms with van der Waals surface area (Å²) in [5.41, 5.74) is 0.981. The van der Waals surface area contributed by atoms with E-state index in [-0.39, 0.29) is 12.2 Å². The van der Waals surface area contributed by atoms with Crippen LogP contribution >= 0.6 is 0 Å². The normalized spacial score (nSPS) is 12.8. The Morgan fingerprint density at radius 3 is 3.12 bits per heavy atom. The smallest absolute Gasteiger partial charge is 0.326 e. The molecule has 1 unspecified atom stereocenters. The van der Waals surface area contributed by atoms with Crippen molar-refractivity contribution >= 4 is 17.0 Å². The Hall–Kier alpha value is -2.11. The highest BCUT2D eigenvalue weighted by Gasteiger charge is 2.15. The van der Waals surface area contributed by atoms with Crippen LogP contribution in [-0.2, 0) is 11.3 Å². The lowest BCUT2D eigenvalue weighted by molar-refractivity contribution is -0.141. The summed E-state index contributed by atoms with van der Waals surface area (Å²) in [5.74, 6) is -1.54. The van der Waals surface area contributed by atoms with E-state index >= 15 is 0 Å². The minimum atomic E-state index is -0.926. The summed E-state index contributed by atoms with van der Waals surface area (Å²) >= 11 is 0. The summed E-state index contributed by atoms with van der Waals surface area (Å²) in [5, 5.41) is 8.80. The Labute approximate surface area is 90.5 Å². The molecule has 2 aromatic heterocycles. The van der Waals surface area contributed by atoms with E-state index in [0.29, 0.717) is 11.0 Å². The fraction of sp³-hybridized carbons (Fsp3) is 0.300. The van der Waals surface area contributed by atoms with Crippen molar-refractivity contribution in [1.29, 1.82) is 0 Å². The number of carbonyl (C=O) groups is 1. The van der Waals surface area contributed by atoms with Crippen molar-refractivity contribution in [3.05, 3.63) is 28.9 Å². The van der Waals surface area contributed by atoms with E-state index in [2.05, 4.69) is 9.97 Å². The molecule has 2 aromatic rings. The lowest BCUT2D eigenvalue weighted by atomic mass is 10.2. The lowest BCUT2D eigenvalue weighted by Gasteiger charge is -2.06. The van der Waals surface area contributed by atoms with Gasteiger partial charge in [-0.1, -0.05) is 6.92 Å². The quantitative estimate of drug-likeness (QED) is 0.787. The van der Waals surface area contributed by atoms with Gasteiger partial charge in [-0.3, -0.25) is 14.3 Å². The monoisotopic (exact) mass is 221 g/mol.